The minimum Gasteiger partial charge on any atom is -0.472 e. The van der Waals surface area contributed by atoms with Gasteiger partial charge in [-0.25, -0.2) is 4.79 Å². The molecule has 3 aromatic rings. The molecule has 3 heterocycles. The van der Waals surface area contributed by atoms with Crippen LogP contribution in [0.4, 0.5) is 0 Å². The maximum atomic E-state index is 12.0. The summed E-state index contributed by atoms with van der Waals surface area (Å²) in [5.74, 6) is 0.323. The Bertz CT molecular complexity index is 866. The SMILES string of the molecule is [3H]n1ccc(OCc2c(C)cncc2-n2nnn(C)c2=O)n1. The number of nitrogens with one attached hydrogen (secondary N) is 1. The molecular formula is C12H13N7O2. The van der Waals surface area contributed by atoms with Crippen LogP contribution >= 0.6 is 0 Å². The Morgan fingerprint density at radius 1 is 1.43 bits per heavy atom. The van der Waals surface area contributed by atoms with Gasteiger partial charge in [0.1, 0.15) is 6.61 Å². The summed E-state index contributed by atoms with van der Waals surface area (Å²) in [4.78, 5) is 16.1. The standard InChI is InChI=1S/C12H13N7O2/c1-8-5-13-6-10(19-12(20)18(2)16-17-19)9(8)7-21-11-3-4-14-15-11/h3-6H,7H2,1-2H3,(H,14,15)/i/hT. The molecule has 1 N–H and O–H groups in total. The van der Waals surface area contributed by atoms with E-state index in [1.807, 2.05) is 6.92 Å². The van der Waals surface area contributed by atoms with Crippen molar-refractivity contribution in [2.24, 2.45) is 7.05 Å². The molecular weight excluding hydrogens is 274 g/mol. The highest BCUT2D eigenvalue weighted by atomic mass is 16.5. The van der Waals surface area contributed by atoms with Gasteiger partial charge in [0.2, 0.25) is 5.88 Å². The van der Waals surface area contributed by atoms with Gasteiger partial charge in [0.15, 0.2) is 1.41 Å². The predicted octanol–water partition coefficient (Wildman–Crippen LogP) is -0.0285. The van der Waals surface area contributed by atoms with E-state index in [1.165, 1.54) is 24.1 Å². The Balaban J connectivity index is 1.96. The third kappa shape index (κ3) is 2.40. The van der Waals surface area contributed by atoms with Crippen molar-refractivity contribution in [1.29, 1.82) is 0 Å². The largest absolute Gasteiger partial charge is 0.472 e. The van der Waals surface area contributed by atoms with Gasteiger partial charge in [-0.3, -0.25) is 10.1 Å². The van der Waals surface area contributed by atoms with E-state index in [0.717, 1.165) is 20.9 Å². The first-order valence-electron chi connectivity index (χ1n) is 6.61. The van der Waals surface area contributed by atoms with Gasteiger partial charge in [0.25, 0.3) is 0 Å². The fraction of sp³-hybridized carbons (Fsp3) is 0.250. The van der Waals surface area contributed by atoms with E-state index in [4.69, 9.17) is 6.15 Å². The molecule has 9 nitrogen and oxygen atoms in total. The van der Waals surface area contributed by atoms with Crippen molar-refractivity contribution in [3.63, 3.8) is 0 Å². The van der Waals surface area contributed by atoms with Crippen molar-refractivity contribution in [1.82, 2.24) is 35.0 Å². The lowest BCUT2D eigenvalue weighted by Crippen LogP contribution is -2.23. The van der Waals surface area contributed by atoms with Gasteiger partial charge in [0, 0.05) is 31.1 Å². The van der Waals surface area contributed by atoms with Crippen molar-refractivity contribution in [3.8, 4) is 11.6 Å². The first kappa shape index (κ1) is 11.8. The Morgan fingerprint density at radius 2 is 2.29 bits per heavy atom. The first-order chi connectivity index (χ1) is 10.6. The van der Waals surface area contributed by atoms with Crippen molar-refractivity contribution in [3.05, 3.63) is 46.3 Å². The van der Waals surface area contributed by atoms with Crippen molar-refractivity contribution in [2.75, 3.05) is 0 Å². The molecule has 0 aliphatic heterocycles. The van der Waals surface area contributed by atoms with Gasteiger partial charge >= 0.3 is 5.69 Å². The minimum absolute atomic E-state index is 0.170. The molecule has 0 saturated heterocycles. The number of pyridine rings is 1. The summed E-state index contributed by atoms with van der Waals surface area (Å²) < 4.78 is 15.2. The van der Waals surface area contributed by atoms with Gasteiger partial charge in [-0.05, 0) is 22.9 Å². The lowest BCUT2D eigenvalue weighted by atomic mass is 10.1. The number of hydrogen-bond donors (Lipinski definition) is 1. The van der Waals surface area contributed by atoms with E-state index in [1.54, 1.807) is 12.3 Å². The lowest BCUT2D eigenvalue weighted by Gasteiger charge is -2.10. The molecule has 0 spiro atoms. The minimum atomic E-state index is -0.371. The van der Waals surface area contributed by atoms with Crippen LogP contribution in [0.3, 0.4) is 0 Å². The number of ether oxygens (including phenoxy) is 1. The van der Waals surface area contributed by atoms with E-state index in [-0.39, 0.29) is 12.3 Å². The molecule has 0 amide bonds. The van der Waals surface area contributed by atoms with Crippen LogP contribution in [0.5, 0.6) is 5.88 Å². The van der Waals surface area contributed by atoms with Crippen LogP contribution in [-0.2, 0) is 13.7 Å². The number of aryl methyl sites for hydroxylation is 2. The summed E-state index contributed by atoms with van der Waals surface area (Å²) in [5.41, 5.74) is 1.73. The Labute approximate surface area is 120 Å². The number of nitrogens with zero attached hydrogens (tertiary/aromatic N) is 6. The molecule has 3 rings (SSSR count). The Kier molecular flexibility index (Phi) is 2.92. The molecule has 0 aliphatic carbocycles. The zero-order valence-electron chi connectivity index (χ0n) is 12.5. The summed E-state index contributed by atoms with van der Waals surface area (Å²) in [6.07, 6.45) is 4.67. The van der Waals surface area contributed by atoms with Crippen LogP contribution < -0.4 is 10.4 Å². The van der Waals surface area contributed by atoms with E-state index in [2.05, 4.69) is 20.5 Å². The molecule has 0 aromatic carbocycles. The molecule has 0 bridgehead atoms. The Hall–Kier alpha value is -2.97. The summed E-state index contributed by atoms with van der Waals surface area (Å²) in [5, 5.41) is 12.2. The zero-order valence-corrected chi connectivity index (χ0v) is 11.5. The normalized spacial score (nSPS) is 11.4. The second kappa shape index (κ2) is 5.19. The molecule has 0 unspecified atom stereocenters. The Morgan fingerprint density at radius 3 is 2.95 bits per heavy atom. The third-order valence-corrected chi connectivity index (χ3v) is 3.00. The summed E-state index contributed by atoms with van der Waals surface area (Å²) >= 11 is 0. The van der Waals surface area contributed by atoms with Gasteiger partial charge in [-0.15, -0.1) is 5.10 Å². The van der Waals surface area contributed by atoms with E-state index in [9.17, 15) is 4.79 Å². The monoisotopic (exact) mass is 289 g/mol. The van der Waals surface area contributed by atoms with Crippen molar-refractivity contribution < 1.29 is 6.15 Å². The van der Waals surface area contributed by atoms with E-state index < -0.39 is 0 Å². The highest BCUT2D eigenvalue weighted by Crippen LogP contribution is 2.17. The fourth-order valence-electron chi connectivity index (χ4n) is 1.86. The molecule has 3 aromatic heterocycles. The van der Waals surface area contributed by atoms with Crippen LogP contribution in [0.1, 0.15) is 11.1 Å². The number of rotatable bonds is 4. The maximum Gasteiger partial charge on any atom is 0.368 e. The zero-order chi connectivity index (χ0) is 15.7. The van der Waals surface area contributed by atoms with E-state index >= 15 is 0 Å². The van der Waals surface area contributed by atoms with Gasteiger partial charge in [-0.2, -0.15) is 9.36 Å². The van der Waals surface area contributed by atoms with Crippen molar-refractivity contribution in [2.45, 2.75) is 13.5 Å². The molecule has 0 aliphatic rings. The molecule has 0 radical (unpaired) electrons. The highest BCUT2D eigenvalue weighted by molar-refractivity contribution is 5.41. The first-order valence-corrected chi connectivity index (χ1v) is 6.17. The van der Waals surface area contributed by atoms with Crippen LogP contribution in [0.15, 0.2) is 29.5 Å². The number of hydrogen-bond acceptors (Lipinski definition) is 6. The topological polar surface area (TPSA) is 104 Å². The fourth-order valence-corrected chi connectivity index (χ4v) is 1.86. The quantitative estimate of drug-likeness (QED) is 0.723. The lowest BCUT2D eigenvalue weighted by molar-refractivity contribution is 0.292. The predicted molar refractivity (Wildman–Crippen MR) is 72.1 cm³/mol. The average Bonchev–Trinajstić information content (AvgIpc) is 3.05. The molecule has 108 valence electrons. The maximum absolute atomic E-state index is 12.0. The number of H-pyrrole nitrogens is 1. The van der Waals surface area contributed by atoms with Crippen LogP contribution in [0.2, 0.25) is 1.41 Å². The average molecular weight is 289 g/mol. The number of tetrazole rings is 1. The van der Waals surface area contributed by atoms with E-state index in [0.29, 0.717) is 11.6 Å². The second-order valence-corrected chi connectivity index (χ2v) is 4.41. The van der Waals surface area contributed by atoms with Gasteiger partial charge in [0.05, 0.1) is 11.9 Å². The van der Waals surface area contributed by atoms with Gasteiger partial charge < -0.3 is 4.74 Å². The number of aromatic nitrogens is 7. The molecule has 9 heteroatoms. The van der Waals surface area contributed by atoms with Crippen molar-refractivity contribution >= 4 is 0 Å². The highest BCUT2D eigenvalue weighted by Gasteiger charge is 2.14. The molecule has 0 fully saturated rings. The third-order valence-electron chi connectivity index (χ3n) is 3.00. The van der Waals surface area contributed by atoms with Crippen LogP contribution in [-0.4, -0.2) is 35.0 Å². The summed E-state index contributed by atoms with van der Waals surface area (Å²) in [6.45, 7) is 2.03. The van der Waals surface area contributed by atoms with Crippen LogP contribution in [0.25, 0.3) is 5.69 Å². The smallest absolute Gasteiger partial charge is 0.368 e. The molecule has 21 heavy (non-hydrogen) atoms. The molecule has 0 atom stereocenters. The van der Waals surface area contributed by atoms with Gasteiger partial charge in [-0.1, -0.05) is 0 Å². The second-order valence-electron chi connectivity index (χ2n) is 4.41. The number of aromatic amines is 1. The van der Waals surface area contributed by atoms with Crippen LogP contribution in [0, 0.1) is 6.92 Å². The molecule has 0 saturated carbocycles. The summed E-state index contributed by atoms with van der Waals surface area (Å²) in [7, 11) is 1.52. The summed E-state index contributed by atoms with van der Waals surface area (Å²) in [6, 6.07) is 1.58.